The Bertz CT molecular complexity index is 347. The second kappa shape index (κ2) is 6.12. The van der Waals surface area contributed by atoms with Crippen LogP contribution in [0, 0.1) is 6.92 Å². The Morgan fingerprint density at radius 2 is 2.29 bits per heavy atom. The van der Waals surface area contributed by atoms with Gasteiger partial charge in [0.05, 0.1) is 5.69 Å². The van der Waals surface area contributed by atoms with Gasteiger partial charge in [-0.05, 0) is 37.9 Å². The van der Waals surface area contributed by atoms with E-state index in [0.29, 0.717) is 0 Å². The van der Waals surface area contributed by atoms with Gasteiger partial charge < -0.3 is 5.32 Å². The van der Waals surface area contributed by atoms with Crippen molar-refractivity contribution in [3.8, 4) is 0 Å². The molecule has 1 aliphatic rings. The fourth-order valence-corrected chi connectivity index (χ4v) is 2.17. The molecule has 1 N–H and O–H groups in total. The van der Waals surface area contributed by atoms with Crippen LogP contribution in [0.5, 0.6) is 0 Å². The molecule has 94 valence electrons. The zero-order valence-electron chi connectivity index (χ0n) is 10.9. The lowest BCUT2D eigenvalue weighted by molar-refractivity contribution is 0.276. The minimum atomic E-state index is 0.874. The highest BCUT2D eigenvalue weighted by Crippen LogP contribution is 2.25. The summed E-state index contributed by atoms with van der Waals surface area (Å²) in [7, 11) is 0. The first-order chi connectivity index (χ1) is 8.31. The summed E-state index contributed by atoms with van der Waals surface area (Å²) in [6, 6.07) is 4.98. The highest BCUT2D eigenvalue weighted by molar-refractivity contribution is 5.17. The Labute approximate surface area is 104 Å². The van der Waals surface area contributed by atoms with Gasteiger partial charge in [-0.2, -0.15) is 0 Å². The van der Waals surface area contributed by atoms with Crippen LogP contribution in [-0.4, -0.2) is 35.6 Å². The summed E-state index contributed by atoms with van der Waals surface area (Å²) < 4.78 is 0. The number of hydrogen-bond donors (Lipinski definition) is 1. The van der Waals surface area contributed by atoms with E-state index in [1.807, 2.05) is 12.3 Å². The molecule has 0 unspecified atom stereocenters. The van der Waals surface area contributed by atoms with E-state index in [1.54, 1.807) is 0 Å². The van der Waals surface area contributed by atoms with Crippen LogP contribution in [0.25, 0.3) is 0 Å². The normalized spacial score (nSPS) is 15.5. The second-order valence-electron chi connectivity index (χ2n) is 4.80. The minimum Gasteiger partial charge on any atom is -0.310 e. The number of aromatic nitrogens is 1. The lowest BCUT2D eigenvalue weighted by Gasteiger charge is -2.19. The van der Waals surface area contributed by atoms with Crippen molar-refractivity contribution in [3.63, 3.8) is 0 Å². The molecule has 0 aromatic carbocycles. The summed E-state index contributed by atoms with van der Waals surface area (Å²) in [6.07, 6.45) is 4.66. The molecule has 1 saturated carbocycles. The summed E-state index contributed by atoms with van der Waals surface area (Å²) in [5.74, 6) is 0. The van der Waals surface area contributed by atoms with Crippen LogP contribution in [-0.2, 0) is 6.54 Å². The SMILES string of the molecule is CCN(CCNCc1ncccc1C)C1CC1. The van der Waals surface area contributed by atoms with Gasteiger partial charge in [-0.15, -0.1) is 0 Å². The van der Waals surface area contributed by atoms with E-state index in [1.165, 1.54) is 30.6 Å². The largest absolute Gasteiger partial charge is 0.310 e. The van der Waals surface area contributed by atoms with Crippen LogP contribution >= 0.6 is 0 Å². The molecule has 2 rings (SSSR count). The third-order valence-electron chi connectivity index (χ3n) is 3.46. The van der Waals surface area contributed by atoms with Gasteiger partial charge in [0.25, 0.3) is 0 Å². The van der Waals surface area contributed by atoms with Crippen molar-refractivity contribution in [2.45, 2.75) is 39.3 Å². The highest BCUT2D eigenvalue weighted by atomic mass is 15.2. The number of likely N-dealkylation sites (N-methyl/N-ethyl adjacent to an activating group) is 1. The van der Waals surface area contributed by atoms with Crippen molar-refractivity contribution in [1.29, 1.82) is 0 Å². The predicted molar refractivity (Wildman–Crippen MR) is 70.9 cm³/mol. The van der Waals surface area contributed by atoms with Crippen LogP contribution in [0.2, 0.25) is 0 Å². The van der Waals surface area contributed by atoms with Gasteiger partial charge in [0.1, 0.15) is 0 Å². The van der Waals surface area contributed by atoms with E-state index in [0.717, 1.165) is 25.7 Å². The zero-order valence-corrected chi connectivity index (χ0v) is 10.9. The van der Waals surface area contributed by atoms with E-state index in [4.69, 9.17) is 0 Å². The monoisotopic (exact) mass is 233 g/mol. The molecule has 1 heterocycles. The van der Waals surface area contributed by atoms with Gasteiger partial charge in [0.15, 0.2) is 0 Å². The lowest BCUT2D eigenvalue weighted by atomic mass is 10.2. The van der Waals surface area contributed by atoms with E-state index < -0.39 is 0 Å². The number of nitrogens with one attached hydrogen (secondary N) is 1. The van der Waals surface area contributed by atoms with E-state index in [2.05, 4.69) is 35.1 Å². The minimum absolute atomic E-state index is 0.874. The zero-order chi connectivity index (χ0) is 12.1. The molecular weight excluding hydrogens is 210 g/mol. The van der Waals surface area contributed by atoms with Gasteiger partial charge >= 0.3 is 0 Å². The third kappa shape index (κ3) is 3.79. The molecule has 0 saturated heterocycles. The first-order valence-electron chi connectivity index (χ1n) is 6.66. The predicted octanol–water partition coefficient (Wildman–Crippen LogP) is 1.96. The summed E-state index contributed by atoms with van der Waals surface area (Å²) in [6.45, 7) is 8.64. The van der Waals surface area contributed by atoms with Crippen molar-refractivity contribution >= 4 is 0 Å². The van der Waals surface area contributed by atoms with Crippen molar-refractivity contribution in [2.24, 2.45) is 0 Å². The number of aryl methyl sites for hydroxylation is 1. The fraction of sp³-hybridized carbons (Fsp3) is 0.643. The molecule has 3 heteroatoms. The van der Waals surface area contributed by atoms with Gasteiger partial charge in [-0.3, -0.25) is 9.88 Å². The Morgan fingerprint density at radius 1 is 1.47 bits per heavy atom. The molecule has 0 atom stereocenters. The number of pyridine rings is 1. The van der Waals surface area contributed by atoms with Gasteiger partial charge in [-0.25, -0.2) is 0 Å². The van der Waals surface area contributed by atoms with Crippen molar-refractivity contribution in [1.82, 2.24) is 15.2 Å². The summed E-state index contributed by atoms with van der Waals surface area (Å²) >= 11 is 0. The number of hydrogen-bond acceptors (Lipinski definition) is 3. The van der Waals surface area contributed by atoms with Crippen LogP contribution < -0.4 is 5.32 Å². The Kier molecular flexibility index (Phi) is 4.51. The Hall–Kier alpha value is -0.930. The van der Waals surface area contributed by atoms with Gasteiger partial charge in [0.2, 0.25) is 0 Å². The smallest absolute Gasteiger partial charge is 0.0570 e. The third-order valence-corrected chi connectivity index (χ3v) is 3.46. The summed E-state index contributed by atoms with van der Waals surface area (Å²) in [4.78, 5) is 6.95. The number of nitrogens with zero attached hydrogens (tertiary/aromatic N) is 2. The molecule has 1 aromatic heterocycles. The number of rotatable bonds is 7. The maximum Gasteiger partial charge on any atom is 0.0570 e. The first-order valence-corrected chi connectivity index (χ1v) is 6.66. The van der Waals surface area contributed by atoms with Crippen molar-refractivity contribution < 1.29 is 0 Å². The molecule has 1 aliphatic carbocycles. The molecule has 0 aliphatic heterocycles. The summed E-state index contributed by atoms with van der Waals surface area (Å²) in [5.41, 5.74) is 2.44. The quantitative estimate of drug-likeness (QED) is 0.730. The van der Waals surface area contributed by atoms with Gasteiger partial charge in [0, 0.05) is 31.9 Å². The molecule has 17 heavy (non-hydrogen) atoms. The van der Waals surface area contributed by atoms with Crippen molar-refractivity contribution in [3.05, 3.63) is 29.6 Å². The molecule has 0 spiro atoms. The van der Waals surface area contributed by atoms with E-state index in [9.17, 15) is 0 Å². The summed E-state index contributed by atoms with van der Waals surface area (Å²) in [5, 5.41) is 3.49. The van der Waals surface area contributed by atoms with E-state index >= 15 is 0 Å². The lowest BCUT2D eigenvalue weighted by Crippen LogP contribution is -2.33. The average molecular weight is 233 g/mol. The van der Waals surface area contributed by atoms with Gasteiger partial charge in [-0.1, -0.05) is 13.0 Å². The molecule has 3 nitrogen and oxygen atoms in total. The van der Waals surface area contributed by atoms with Crippen LogP contribution in [0.4, 0.5) is 0 Å². The molecule has 1 aromatic rings. The average Bonchev–Trinajstić information content (AvgIpc) is 3.16. The topological polar surface area (TPSA) is 28.2 Å². The molecule has 0 amide bonds. The molecule has 1 fully saturated rings. The van der Waals surface area contributed by atoms with Crippen LogP contribution in [0.15, 0.2) is 18.3 Å². The Morgan fingerprint density at radius 3 is 2.94 bits per heavy atom. The van der Waals surface area contributed by atoms with Crippen LogP contribution in [0.3, 0.4) is 0 Å². The van der Waals surface area contributed by atoms with E-state index in [-0.39, 0.29) is 0 Å². The standard InChI is InChI=1S/C14H23N3/c1-3-17(13-6-7-13)10-9-15-11-14-12(2)5-4-8-16-14/h4-5,8,13,15H,3,6-7,9-11H2,1-2H3. The molecular formula is C14H23N3. The van der Waals surface area contributed by atoms with Crippen molar-refractivity contribution in [2.75, 3.05) is 19.6 Å². The maximum atomic E-state index is 4.39. The highest BCUT2D eigenvalue weighted by Gasteiger charge is 2.26. The maximum absolute atomic E-state index is 4.39. The second-order valence-corrected chi connectivity index (χ2v) is 4.80. The molecule has 0 radical (unpaired) electrons. The van der Waals surface area contributed by atoms with Crippen LogP contribution in [0.1, 0.15) is 31.0 Å². The molecule has 0 bridgehead atoms. The Balaban J connectivity index is 1.67. The first kappa shape index (κ1) is 12.5. The fourth-order valence-electron chi connectivity index (χ4n) is 2.17.